The Morgan fingerprint density at radius 1 is 0.492 bits per heavy atom. The van der Waals surface area contributed by atoms with Gasteiger partial charge in [-0.25, -0.2) is 9.13 Å². The molecule has 0 radical (unpaired) electrons. The molecule has 0 aliphatic heterocycles. The van der Waals surface area contributed by atoms with Crippen molar-refractivity contribution in [2.45, 2.75) is 180 Å². The van der Waals surface area contributed by atoms with Crippen molar-refractivity contribution in [3.05, 3.63) is 85.1 Å². The van der Waals surface area contributed by atoms with Crippen LogP contribution in [0.5, 0.6) is 0 Å². The number of aliphatic hydroxyl groups excluding tert-OH is 3. The van der Waals surface area contributed by atoms with E-state index in [1.54, 1.807) is 6.08 Å². The van der Waals surface area contributed by atoms with Gasteiger partial charge in [-0.3, -0.25) is 23.2 Å². The molecule has 374 valence electrons. The van der Waals surface area contributed by atoms with Gasteiger partial charge < -0.3 is 39.5 Å². The van der Waals surface area contributed by atoms with Gasteiger partial charge in [0, 0.05) is 12.8 Å². The summed E-state index contributed by atoms with van der Waals surface area (Å²) < 4.78 is 47.6. The molecule has 0 aliphatic rings. The lowest BCUT2D eigenvalue weighted by atomic mass is 10.0. The number of hydrogen-bond donors (Lipinski definition) is 6. The standard InChI is InChI=1S/C48H82O15P2/c1-3-5-7-9-11-13-15-17-18-19-20-21-22-23-25-27-29-31-33-37-48(53)63-44(42-62-65(57,58)61-40-43(49)39-60-64(54,55)56)41-59-47(52)38-34-36-46(51)45(50)35-32-30-28-26-24-16-14-12-10-8-6-4-2/h11-14,17-18,20-21,23-26,30,32,43-46,49-51H,3-10,15-16,19,22,27-29,31,33-42H2,1-2H3,(H,57,58)(H2,54,55,56)/b13-11-,14-12-,18-17-,21-20-,25-23-,26-24-,32-30-/t43-,44+,45?,46?/m0/s1. The third kappa shape index (κ3) is 44.8. The summed E-state index contributed by atoms with van der Waals surface area (Å²) in [7, 11) is -9.80. The van der Waals surface area contributed by atoms with Gasteiger partial charge >= 0.3 is 27.6 Å². The fourth-order valence-electron chi connectivity index (χ4n) is 5.73. The highest BCUT2D eigenvalue weighted by Gasteiger charge is 2.28. The Hall–Kier alpha value is -2.78. The summed E-state index contributed by atoms with van der Waals surface area (Å²) in [6, 6.07) is 0. The Morgan fingerprint density at radius 3 is 1.45 bits per heavy atom. The van der Waals surface area contributed by atoms with Gasteiger partial charge in [0.15, 0.2) is 6.10 Å². The molecular formula is C48H82O15P2. The van der Waals surface area contributed by atoms with Crippen molar-refractivity contribution in [2.75, 3.05) is 26.4 Å². The Morgan fingerprint density at radius 2 is 0.938 bits per heavy atom. The number of phosphoric acid groups is 2. The van der Waals surface area contributed by atoms with Gasteiger partial charge in [-0.05, 0) is 96.3 Å². The first-order chi connectivity index (χ1) is 31.2. The van der Waals surface area contributed by atoms with Crippen LogP contribution in [0.3, 0.4) is 0 Å². The minimum atomic E-state index is -4.90. The fraction of sp³-hybridized carbons (Fsp3) is 0.667. The summed E-state index contributed by atoms with van der Waals surface area (Å²) in [5.41, 5.74) is 0. The van der Waals surface area contributed by atoms with Crippen LogP contribution in [0.25, 0.3) is 0 Å². The predicted octanol–water partition coefficient (Wildman–Crippen LogP) is 10.3. The van der Waals surface area contributed by atoms with Crippen molar-refractivity contribution in [1.82, 2.24) is 0 Å². The smallest absolute Gasteiger partial charge is 0.462 e. The largest absolute Gasteiger partial charge is 0.472 e. The second-order valence-corrected chi connectivity index (χ2v) is 18.3. The highest BCUT2D eigenvalue weighted by Crippen LogP contribution is 2.43. The maximum absolute atomic E-state index is 12.7. The molecule has 0 amide bonds. The van der Waals surface area contributed by atoms with E-state index in [0.29, 0.717) is 12.8 Å². The van der Waals surface area contributed by atoms with Crippen LogP contribution in [0.1, 0.15) is 155 Å². The van der Waals surface area contributed by atoms with E-state index in [-0.39, 0.29) is 32.1 Å². The van der Waals surface area contributed by atoms with Crippen molar-refractivity contribution >= 4 is 27.6 Å². The van der Waals surface area contributed by atoms with Crippen molar-refractivity contribution < 1.29 is 71.8 Å². The first-order valence-corrected chi connectivity index (χ1v) is 26.5. The van der Waals surface area contributed by atoms with Gasteiger partial charge in [-0.2, -0.15) is 0 Å². The van der Waals surface area contributed by atoms with Crippen molar-refractivity contribution in [3.63, 3.8) is 0 Å². The molecule has 65 heavy (non-hydrogen) atoms. The van der Waals surface area contributed by atoms with Crippen LogP contribution in [-0.2, 0) is 41.8 Å². The van der Waals surface area contributed by atoms with Gasteiger partial charge in [0.2, 0.25) is 0 Å². The van der Waals surface area contributed by atoms with Gasteiger partial charge in [-0.1, -0.05) is 131 Å². The number of unbranched alkanes of at least 4 members (excludes halogenated alkanes) is 9. The zero-order valence-electron chi connectivity index (χ0n) is 39.0. The minimum Gasteiger partial charge on any atom is -0.462 e. The molecule has 3 unspecified atom stereocenters. The van der Waals surface area contributed by atoms with E-state index < -0.39 is 78.4 Å². The number of esters is 2. The highest BCUT2D eigenvalue weighted by atomic mass is 31.2. The minimum absolute atomic E-state index is 0.0288. The second-order valence-electron chi connectivity index (χ2n) is 15.6. The molecule has 0 spiro atoms. The molecule has 0 heterocycles. The van der Waals surface area contributed by atoms with E-state index in [0.717, 1.165) is 57.8 Å². The Bertz CT molecular complexity index is 1500. The molecule has 0 aromatic rings. The monoisotopic (exact) mass is 961 g/mol. The number of carbonyl (C=O) groups excluding carboxylic acids is 2. The number of ether oxygens (including phenoxy) is 2. The number of hydrogen-bond acceptors (Lipinski definition) is 12. The Labute approximate surface area is 389 Å². The highest BCUT2D eigenvalue weighted by molar-refractivity contribution is 7.47. The van der Waals surface area contributed by atoms with Crippen LogP contribution in [0, 0.1) is 0 Å². The van der Waals surface area contributed by atoms with Gasteiger partial charge in [-0.15, -0.1) is 0 Å². The number of allylic oxidation sites excluding steroid dienone is 13. The topological polar surface area (TPSA) is 236 Å². The van der Waals surface area contributed by atoms with Crippen LogP contribution in [0.15, 0.2) is 85.1 Å². The average molecular weight is 961 g/mol. The molecule has 0 rings (SSSR count). The molecule has 0 aromatic carbocycles. The fourth-order valence-corrected chi connectivity index (χ4v) is 6.88. The van der Waals surface area contributed by atoms with E-state index in [1.807, 2.05) is 12.2 Å². The molecule has 0 bridgehead atoms. The summed E-state index contributed by atoms with van der Waals surface area (Å²) in [5, 5.41) is 30.5. The number of phosphoric ester groups is 2. The molecule has 15 nitrogen and oxygen atoms in total. The quantitative estimate of drug-likeness (QED) is 0.0144. The second kappa shape index (κ2) is 42.6. The average Bonchev–Trinajstić information content (AvgIpc) is 3.26. The SMILES string of the molecule is CCCCC/C=C\C/C=C\C/C=C\C/C=C\CCCCCC(=O)O[C@H](COC(=O)CCCC(O)C(O)C/C=C\C/C=C\C/C=C\CCCCC)COP(=O)(O)OC[C@@H](O)COP(=O)(O)O. The van der Waals surface area contributed by atoms with Crippen molar-refractivity contribution in [2.24, 2.45) is 0 Å². The van der Waals surface area contributed by atoms with Crippen molar-refractivity contribution in [3.8, 4) is 0 Å². The van der Waals surface area contributed by atoms with Gasteiger partial charge in [0.1, 0.15) is 12.7 Å². The maximum atomic E-state index is 12.7. The molecule has 17 heteroatoms. The molecule has 0 aliphatic carbocycles. The molecule has 0 aromatic heterocycles. The summed E-state index contributed by atoms with van der Waals surface area (Å²) in [4.78, 5) is 52.9. The number of carbonyl (C=O) groups is 2. The third-order valence-corrected chi connectivity index (χ3v) is 10.9. The first-order valence-electron chi connectivity index (χ1n) is 23.4. The maximum Gasteiger partial charge on any atom is 0.472 e. The zero-order chi connectivity index (χ0) is 48.3. The van der Waals surface area contributed by atoms with Crippen LogP contribution < -0.4 is 0 Å². The Balaban J connectivity index is 4.78. The van der Waals surface area contributed by atoms with Crippen LogP contribution in [0.2, 0.25) is 0 Å². The van der Waals surface area contributed by atoms with E-state index in [2.05, 4.69) is 89.7 Å². The summed E-state index contributed by atoms with van der Waals surface area (Å²) in [5.74, 6) is -1.36. The van der Waals surface area contributed by atoms with Crippen LogP contribution >= 0.6 is 15.6 Å². The molecule has 0 fully saturated rings. The summed E-state index contributed by atoms with van der Waals surface area (Å²) >= 11 is 0. The Kier molecular flexibility index (Phi) is 40.7. The molecule has 0 saturated heterocycles. The van der Waals surface area contributed by atoms with E-state index in [9.17, 15) is 38.9 Å². The first kappa shape index (κ1) is 62.2. The lowest BCUT2D eigenvalue weighted by molar-refractivity contribution is -0.161. The molecular weight excluding hydrogens is 878 g/mol. The van der Waals surface area contributed by atoms with Crippen LogP contribution in [0.4, 0.5) is 0 Å². The lowest BCUT2D eigenvalue weighted by Gasteiger charge is -2.20. The third-order valence-electron chi connectivity index (χ3n) is 9.45. The van der Waals surface area contributed by atoms with Crippen molar-refractivity contribution in [1.29, 1.82) is 0 Å². The normalized spacial score (nSPS) is 15.6. The zero-order valence-corrected chi connectivity index (χ0v) is 40.8. The van der Waals surface area contributed by atoms with Gasteiger partial charge in [0.05, 0.1) is 32.0 Å². The molecule has 5 atom stereocenters. The number of rotatable bonds is 43. The van der Waals surface area contributed by atoms with E-state index >= 15 is 0 Å². The molecule has 0 saturated carbocycles. The lowest BCUT2D eigenvalue weighted by Crippen LogP contribution is -2.30. The van der Waals surface area contributed by atoms with E-state index in [4.69, 9.17) is 23.8 Å². The number of aliphatic hydroxyl groups is 3. The summed E-state index contributed by atoms with van der Waals surface area (Å²) in [6.07, 6.45) is 41.6. The van der Waals surface area contributed by atoms with Crippen LogP contribution in [-0.4, -0.2) is 92.8 Å². The summed E-state index contributed by atoms with van der Waals surface area (Å²) in [6.45, 7) is 1.33. The van der Waals surface area contributed by atoms with Gasteiger partial charge in [0.25, 0.3) is 0 Å². The predicted molar refractivity (Wildman–Crippen MR) is 255 cm³/mol. The molecule has 6 N–H and O–H groups in total. The van der Waals surface area contributed by atoms with E-state index in [1.165, 1.54) is 38.5 Å².